The number of rotatable bonds is 3. The van der Waals surface area contributed by atoms with E-state index in [9.17, 15) is 0 Å². The van der Waals surface area contributed by atoms with Crippen LogP contribution in [0.5, 0.6) is 0 Å². The van der Waals surface area contributed by atoms with Gasteiger partial charge in [0.15, 0.2) is 0 Å². The Kier molecular flexibility index (Phi) is 4.52. The monoisotopic (exact) mass is 365 g/mol. The fourth-order valence-corrected chi connectivity index (χ4v) is 4.32. The van der Waals surface area contributed by atoms with Gasteiger partial charge in [0.1, 0.15) is 5.65 Å². The first-order valence-electron chi connectivity index (χ1n) is 8.24. The zero-order chi connectivity index (χ0) is 17.2. The Hall–Kier alpha value is -2.22. The molecule has 1 atom stereocenters. The Morgan fingerprint density at radius 1 is 1.24 bits per heavy atom. The maximum Gasteiger partial charge on any atom is 0.138 e. The highest BCUT2D eigenvalue weighted by Crippen LogP contribution is 2.41. The van der Waals surface area contributed by atoms with E-state index in [0.29, 0.717) is 0 Å². The van der Waals surface area contributed by atoms with Crippen molar-refractivity contribution in [1.29, 1.82) is 5.26 Å². The third kappa shape index (κ3) is 3.30. The third-order valence-corrected chi connectivity index (χ3v) is 5.86. The molecule has 2 heterocycles. The first-order valence-corrected chi connectivity index (χ1v) is 9.43. The molecule has 0 amide bonds. The lowest BCUT2D eigenvalue weighted by atomic mass is 9.89. The predicted molar refractivity (Wildman–Crippen MR) is 103 cm³/mol. The van der Waals surface area contributed by atoms with Crippen LogP contribution in [0.3, 0.4) is 0 Å². The first-order chi connectivity index (χ1) is 12.2. The average molecular weight is 366 g/mol. The normalized spacial score (nSPS) is 17.3. The second-order valence-electron chi connectivity index (χ2n) is 6.11. The summed E-state index contributed by atoms with van der Waals surface area (Å²) in [6.07, 6.45) is 6.66. The van der Waals surface area contributed by atoms with E-state index in [1.54, 1.807) is 18.0 Å². The summed E-state index contributed by atoms with van der Waals surface area (Å²) in [6.45, 7) is 0. The van der Waals surface area contributed by atoms with Gasteiger partial charge in [-0.05, 0) is 61.2 Å². The largest absolute Gasteiger partial charge is 0.339 e. The molecule has 0 spiro atoms. The van der Waals surface area contributed by atoms with Crippen molar-refractivity contribution in [3.05, 3.63) is 59.4 Å². The van der Waals surface area contributed by atoms with E-state index in [-0.39, 0.29) is 5.92 Å². The highest BCUT2D eigenvalue weighted by molar-refractivity contribution is 7.99. The zero-order valence-corrected chi connectivity index (χ0v) is 15.1. The minimum absolute atomic E-state index is 0.138. The van der Waals surface area contributed by atoms with Crippen molar-refractivity contribution < 1.29 is 0 Å². The van der Waals surface area contributed by atoms with Crippen LogP contribution >= 0.6 is 23.4 Å². The lowest BCUT2D eigenvalue weighted by Crippen LogP contribution is -2.03. The lowest BCUT2D eigenvalue weighted by molar-refractivity contribution is 0.603. The van der Waals surface area contributed by atoms with Crippen molar-refractivity contribution in [3.8, 4) is 6.07 Å². The molecular formula is C20H16ClN3S. The Morgan fingerprint density at radius 3 is 2.80 bits per heavy atom. The number of halogens is 1. The number of pyridine rings is 1. The van der Waals surface area contributed by atoms with Crippen molar-refractivity contribution in [2.45, 2.75) is 29.1 Å². The van der Waals surface area contributed by atoms with Gasteiger partial charge >= 0.3 is 0 Å². The van der Waals surface area contributed by atoms with Crippen LogP contribution in [0.15, 0.2) is 58.5 Å². The number of H-pyrrole nitrogens is 1. The second kappa shape index (κ2) is 6.95. The van der Waals surface area contributed by atoms with E-state index in [1.807, 2.05) is 30.3 Å². The van der Waals surface area contributed by atoms with Crippen molar-refractivity contribution in [2.75, 3.05) is 0 Å². The predicted octanol–water partition coefficient (Wildman–Crippen LogP) is 6.07. The smallest absolute Gasteiger partial charge is 0.138 e. The third-order valence-electron chi connectivity index (χ3n) is 4.47. The van der Waals surface area contributed by atoms with Gasteiger partial charge in [-0.15, -0.1) is 0 Å². The number of aromatic nitrogens is 2. The summed E-state index contributed by atoms with van der Waals surface area (Å²) in [4.78, 5) is 10.3. The molecule has 4 rings (SSSR count). The van der Waals surface area contributed by atoms with E-state index >= 15 is 0 Å². The Morgan fingerprint density at radius 2 is 2.08 bits per heavy atom. The Labute approximate surface area is 155 Å². The molecule has 1 aromatic carbocycles. The fourth-order valence-electron chi connectivity index (χ4n) is 3.13. The van der Waals surface area contributed by atoms with E-state index < -0.39 is 0 Å². The van der Waals surface area contributed by atoms with Crippen LogP contribution in [0.1, 0.15) is 25.0 Å². The molecule has 0 radical (unpaired) electrons. The summed E-state index contributed by atoms with van der Waals surface area (Å²) in [5.41, 5.74) is 3.31. The Balaban J connectivity index is 1.77. The number of nitrogens with one attached hydrogen (secondary N) is 1. The van der Waals surface area contributed by atoms with Crippen LogP contribution in [0, 0.1) is 17.2 Å². The molecule has 25 heavy (non-hydrogen) atoms. The fraction of sp³-hybridized carbons (Fsp3) is 0.200. The van der Waals surface area contributed by atoms with Crippen LogP contribution < -0.4 is 0 Å². The van der Waals surface area contributed by atoms with Crippen molar-refractivity contribution in [2.24, 2.45) is 5.92 Å². The highest BCUT2D eigenvalue weighted by Gasteiger charge is 2.21. The summed E-state index contributed by atoms with van der Waals surface area (Å²) in [5.74, 6) is 0.138. The molecule has 1 N–H and O–H groups in total. The van der Waals surface area contributed by atoms with Crippen molar-refractivity contribution in [3.63, 3.8) is 0 Å². The van der Waals surface area contributed by atoms with Gasteiger partial charge in [0, 0.05) is 26.4 Å². The van der Waals surface area contributed by atoms with Gasteiger partial charge in [-0.1, -0.05) is 29.4 Å². The molecule has 2 aromatic heterocycles. The molecule has 1 unspecified atom stereocenters. The van der Waals surface area contributed by atoms with Gasteiger partial charge < -0.3 is 4.98 Å². The number of nitriles is 1. The number of hydrogen-bond acceptors (Lipinski definition) is 3. The van der Waals surface area contributed by atoms with Crippen LogP contribution in [0.4, 0.5) is 0 Å². The van der Waals surface area contributed by atoms with Gasteiger partial charge in [-0.25, -0.2) is 4.98 Å². The first kappa shape index (κ1) is 16.3. The standard InChI is InChI=1S/C20H16ClN3S/c21-15-7-9-16(10-8-15)25-19-17-2-1-11-23-20(17)24-18(19)14-5-3-13(12-22)4-6-14/h1-2,5,7-11,13H,3-4,6H2,(H,23,24). The molecule has 3 aromatic rings. The van der Waals surface area contributed by atoms with E-state index in [0.717, 1.165) is 45.9 Å². The molecule has 0 saturated heterocycles. The van der Waals surface area contributed by atoms with E-state index in [2.05, 4.69) is 28.2 Å². The summed E-state index contributed by atoms with van der Waals surface area (Å²) in [5, 5.41) is 11.0. The van der Waals surface area contributed by atoms with Crippen LogP contribution in [0.25, 0.3) is 16.6 Å². The molecular weight excluding hydrogens is 350 g/mol. The molecule has 0 aliphatic heterocycles. The zero-order valence-electron chi connectivity index (χ0n) is 13.5. The summed E-state index contributed by atoms with van der Waals surface area (Å²) in [7, 11) is 0. The number of benzene rings is 1. The van der Waals surface area contributed by atoms with E-state index in [4.69, 9.17) is 16.9 Å². The van der Waals surface area contributed by atoms with Gasteiger partial charge in [0.2, 0.25) is 0 Å². The molecule has 3 nitrogen and oxygen atoms in total. The number of fused-ring (bicyclic) bond motifs is 1. The van der Waals surface area contributed by atoms with E-state index in [1.165, 1.54) is 10.5 Å². The Bertz CT molecular complexity index is 982. The maximum atomic E-state index is 9.12. The highest BCUT2D eigenvalue weighted by atomic mass is 35.5. The molecule has 0 bridgehead atoms. The number of allylic oxidation sites excluding steroid dienone is 2. The summed E-state index contributed by atoms with van der Waals surface area (Å²) >= 11 is 7.73. The molecule has 0 saturated carbocycles. The summed E-state index contributed by atoms with van der Waals surface area (Å²) in [6, 6.07) is 14.3. The number of nitrogens with zero attached hydrogens (tertiary/aromatic N) is 2. The number of aromatic amines is 1. The van der Waals surface area contributed by atoms with Crippen molar-refractivity contribution >= 4 is 40.0 Å². The molecule has 0 fully saturated rings. The van der Waals surface area contributed by atoms with Crippen LogP contribution in [-0.2, 0) is 0 Å². The topological polar surface area (TPSA) is 52.5 Å². The van der Waals surface area contributed by atoms with Crippen LogP contribution in [0.2, 0.25) is 5.02 Å². The SMILES string of the molecule is N#CC1CC=C(c2[nH]c3ncccc3c2Sc2ccc(Cl)cc2)CC1. The van der Waals surface area contributed by atoms with Crippen LogP contribution in [-0.4, -0.2) is 9.97 Å². The molecule has 1 aliphatic rings. The minimum Gasteiger partial charge on any atom is -0.339 e. The van der Waals surface area contributed by atoms with Gasteiger partial charge in [-0.2, -0.15) is 5.26 Å². The van der Waals surface area contributed by atoms with Gasteiger partial charge in [-0.3, -0.25) is 0 Å². The average Bonchev–Trinajstić information content (AvgIpc) is 3.02. The molecule has 5 heteroatoms. The van der Waals surface area contributed by atoms with Gasteiger partial charge in [0.25, 0.3) is 0 Å². The quantitative estimate of drug-likeness (QED) is 0.612. The second-order valence-corrected chi connectivity index (χ2v) is 7.63. The lowest BCUT2D eigenvalue weighted by Gasteiger charge is -2.17. The van der Waals surface area contributed by atoms with Crippen molar-refractivity contribution in [1.82, 2.24) is 9.97 Å². The molecule has 124 valence electrons. The summed E-state index contributed by atoms with van der Waals surface area (Å²) < 4.78 is 0. The maximum absolute atomic E-state index is 9.12. The molecule has 1 aliphatic carbocycles. The van der Waals surface area contributed by atoms with Gasteiger partial charge in [0.05, 0.1) is 17.7 Å². The number of hydrogen-bond donors (Lipinski definition) is 1. The minimum atomic E-state index is 0.138.